The monoisotopic (exact) mass is 490 g/mol. The average molecular weight is 491 g/mol. The fourth-order valence-corrected chi connectivity index (χ4v) is 4.34. The van der Waals surface area contributed by atoms with Gasteiger partial charge in [0.15, 0.2) is 6.79 Å². The van der Waals surface area contributed by atoms with E-state index in [1.54, 1.807) is 10.8 Å². The molecular formula is C21H33F3N2O4Si2. The third kappa shape index (κ3) is 8.02. The molecule has 0 saturated heterocycles. The molecule has 0 aliphatic carbocycles. The molecule has 0 aliphatic heterocycles. The predicted octanol–water partition coefficient (Wildman–Crippen LogP) is 5.84. The maximum atomic E-state index is 13.6. The van der Waals surface area contributed by atoms with E-state index < -0.39 is 46.2 Å². The summed E-state index contributed by atoms with van der Waals surface area (Å²) in [4.78, 5) is 16.6. The van der Waals surface area contributed by atoms with E-state index in [9.17, 15) is 18.0 Å². The number of esters is 1. The molecule has 0 fully saturated rings. The Hall–Kier alpha value is -1.70. The lowest BCUT2D eigenvalue weighted by Crippen LogP contribution is -2.22. The molecule has 11 heteroatoms. The number of fused-ring (bicyclic) bond motifs is 1. The Balaban J connectivity index is 2.18. The van der Waals surface area contributed by atoms with Crippen LogP contribution in [0.25, 0.3) is 11.0 Å². The summed E-state index contributed by atoms with van der Waals surface area (Å²) < 4.78 is 58.3. The number of carbonyl (C=O) groups excluding carboxylic acids is 1. The minimum absolute atomic E-state index is 0.0701. The van der Waals surface area contributed by atoms with Crippen LogP contribution < -0.4 is 0 Å². The lowest BCUT2D eigenvalue weighted by molar-refractivity contribution is -0.138. The van der Waals surface area contributed by atoms with Crippen molar-refractivity contribution in [1.82, 2.24) is 9.55 Å². The summed E-state index contributed by atoms with van der Waals surface area (Å²) in [6, 6.07) is 3.26. The molecule has 6 nitrogen and oxygen atoms in total. The number of halogens is 3. The van der Waals surface area contributed by atoms with E-state index in [4.69, 9.17) is 14.2 Å². The van der Waals surface area contributed by atoms with Crippen LogP contribution in [0.1, 0.15) is 15.9 Å². The number of aromatic nitrogens is 2. The Labute approximate surface area is 189 Å². The van der Waals surface area contributed by atoms with Gasteiger partial charge in [0, 0.05) is 47.1 Å². The molecule has 0 atom stereocenters. The van der Waals surface area contributed by atoms with Crippen molar-refractivity contribution in [3.8, 4) is 0 Å². The Kier molecular flexibility index (Phi) is 8.71. The topological polar surface area (TPSA) is 62.6 Å². The zero-order valence-electron chi connectivity index (χ0n) is 19.6. The molecule has 0 aromatic carbocycles. The van der Waals surface area contributed by atoms with Crippen LogP contribution in [-0.2, 0) is 27.1 Å². The molecule has 0 unspecified atom stereocenters. The van der Waals surface area contributed by atoms with Crippen molar-refractivity contribution < 1.29 is 32.2 Å². The van der Waals surface area contributed by atoms with Gasteiger partial charge in [-0.2, -0.15) is 13.2 Å². The second-order valence-electron chi connectivity index (χ2n) is 10.2. The van der Waals surface area contributed by atoms with Crippen LogP contribution in [0, 0.1) is 0 Å². The van der Waals surface area contributed by atoms with Crippen molar-refractivity contribution in [2.75, 3.05) is 20.0 Å². The van der Waals surface area contributed by atoms with Crippen LogP contribution in [0.5, 0.6) is 0 Å². The number of hydrogen-bond acceptors (Lipinski definition) is 5. The van der Waals surface area contributed by atoms with E-state index in [0.717, 1.165) is 12.1 Å². The van der Waals surface area contributed by atoms with Crippen LogP contribution in [0.3, 0.4) is 0 Å². The summed E-state index contributed by atoms with van der Waals surface area (Å²) in [6.07, 6.45) is -2.51. The van der Waals surface area contributed by atoms with Crippen LogP contribution in [-0.4, -0.2) is 51.7 Å². The first kappa shape index (κ1) is 26.6. The summed E-state index contributed by atoms with van der Waals surface area (Å²) in [5.74, 6) is -1.09. The number of pyridine rings is 1. The molecule has 0 saturated carbocycles. The van der Waals surface area contributed by atoms with Gasteiger partial charge in [-0.3, -0.25) is 0 Å². The Morgan fingerprint density at radius 2 is 1.62 bits per heavy atom. The maximum Gasteiger partial charge on any atom is 0.418 e. The number of hydrogen-bond donors (Lipinski definition) is 0. The fourth-order valence-electron chi connectivity index (χ4n) is 2.82. The van der Waals surface area contributed by atoms with Crippen molar-refractivity contribution in [1.29, 1.82) is 0 Å². The third-order valence-corrected chi connectivity index (χ3v) is 8.20. The molecule has 2 rings (SSSR count). The summed E-state index contributed by atoms with van der Waals surface area (Å²) in [7, 11) is -2.59. The quantitative estimate of drug-likeness (QED) is 0.171. The second-order valence-corrected chi connectivity index (χ2v) is 21.4. The Morgan fingerprint density at radius 1 is 1.03 bits per heavy atom. The van der Waals surface area contributed by atoms with Gasteiger partial charge in [-0.05, 0) is 18.2 Å². The van der Waals surface area contributed by atoms with Gasteiger partial charge in [0.2, 0.25) is 0 Å². The minimum Gasteiger partial charge on any atom is -0.435 e. The second kappa shape index (κ2) is 10.5. The zero-order valence-corrected chi connectivity index (χ0v) is 21.6. The first-order valence-corrected chi connectivity index (χ1v) is 18.0. The highest BCUT2D eigenvalue weighted by molar-refractivity contribution is 6.76. The molecule has 2 heterocycles. The van der Waals surface area contributed by atoms with Crippen LogP contribution in [0.4, 0.5) is 13.2 Å². The summed E-state index contributed by atoms with van der Waals surface area (Å²) in [5, 5.41) is 0.0701. The maximum absolute atomic E-state index is 13.6. The number of rotatable bonds is 11. The van der Waals surface area contributed by atoms with Crippen LogP contribution in [0.15, 0.2) is 18.5 Å². The standard InChI is InChI=1S/C21H33F3N2O4Si2/c1-31(2,3)11-9-28-14-26-8-7-16-18(17(21(22,23)24)13-25-19(16)26)20(27)30-15-29-10-12-32(4,5)6/h7-8,13H,9-12,14-15H2,1-6H3. The van der Waals surface area contributed by atoms with Gasteiger partial charge in [0.25, 0.3) is 0 Å². The molecule has 2 aromatic rings. The van der Waals surface area contributed by atoms with E-state index in [1.165, 1.54) is 6.07 Å². The fraction of sp³-hybridized carbons (Fsp3) is 0.619. The average Bonchev–Trinajstić information content (AvgIpc) is 3.04. The number of ether oxygens (including phenoxy) is 3. The molecule has 0 amide bonds. The van der Waals surface area contributed by atoms with E-state index >= 15 is 0 Å². The zero-order chi connectivity index (χ0) is 24.2. The molecule has 0 radical (unpaired) electrons. The SMILES string of the molecule is C[Si](C)(C)CCOCOC(=O)c1c(C(F)(F)F)cnc2c1ccn2COCC[Si](C)(C)C. The Bertz CT molecular complexity index is 919. The minimum atomic E-state index is -4.75. The summed E-state index contributed by atoms with van der Waals surface area (Å²) in [6.45, 7) is 13.9. The summed E-state index contributed by atoms with van der Waals surface area (Å²) >= 11 is 0. The third-order valence-electron chi connectivity index (χ3n) is 4.79. The molecule has 0 spiro atoms. The van der Waals surface area contributed by atoms with Crippen molar-refractivity contribution in [2.45, 2.75) is 64.3 Å². The highest BCUT2D eigenvalue weighted by Gasteiger charge is 2.38. The normalized spacial score (nSPS) is 13.0. The van der Waals surface area contributed by atoms with Crippen LogP contribution in [0.2, 0.25) is 51.4 Å². The van der Waals surface area contributed by atoms with Crippen molar-refractivity contribution >= 4 is 33.2 Å². The smallest absolute Gasteiger partial charge is 0.418 e. The molecule has 0 bridgehead atoms. The lowest BCUT2D eigenvalue weighted by Gasteiger charge is -2.17. The van der Waals surface area contributed by atoms with Gasteiger partial charge in [0.1, 0.15) is 12.4 Å². The molecule has 180 valence electrons. The van der Waals surface area contributed by atoms with E-state index in [1.807, 2.05) is 0 Å². The first-order valence-electron chi connectivity index (χ1n) is 10.6. The van der Waals surface area contributed by atoms with Gasteiger partial charge in [-0.25, -0.2) is 9.78 Å². The highest BCUT2D eigenvalue weighted by atomic mass is 28.3. The largest absolute Gasteiger partial charge is 0.435 e. The van der Waals surface area contributed by atoms with Crippen LogP contribution >= 0.6 is 0 Å². The molecule has 0 N–H and O–H groups in total. The molecule has 2 aromatic heterocycles. The van der Waals surface area contributed by atoms with Gasteiger partial charge in [-0.15, -0.1) is 0 Å². The highest BCUT2D eigenvalue weighted by Crippen LogP contribution is 2.35. The van der Waals surface area contributed by atoms with E-state index in [0.29, 0.717) is 19.4 Å². The van der Waals surface area contributed by atoms with Gasteiger partial charge < -0.3 is 18.8 Å². The van der Waals surface area contributed by atoms with Crippen molar-refractivity contribution in [3.63, 3.8) is 0 Å². The Morgan fingerprint density at radius 3 is 2.19 bits per heavy atom. The van der Waals surface area contributed by atoms with E-state index in [2.05, 4.69) is 44.3 Å². The molecule has 32 heavy (non-hydrogen) atoms. The number of carbonyl (C=O) groups is 1. The first-order chi connectivity index (χ1) is 14.7. The predicted molar refractivity (Wildman–Crippen MR) is 123 cm³/mol. The lowest BCUT2D eigenvalue weighted by atomic mass is 10.1. The van der Waals surface area contributed by atoms with Gasteiger partial charge >= 0.3 is 12.1 Å². The van der Waals surface area contributed by atoms with Gasteiger partial charge in [0.05, 0.1) is 11.1 Å². The number of nitrogens with zero attached hydrogens (tertiary/aromatic N) is 2. The van der Waals surface area contributed by atoms with Crippen molar-refractivity contribution in [2.24, 2.45) is 0 Å². The van der Waals surface area contributed by atoms with E-state index in [-0.39, 0.29) is 17.8 Å². The number of alkyl halides is 3. The van der Waals surface area contributed by atoms with Crippen molar-refractivity contribution in [3.05, 3.63) is 29.6 Å². The molecule has 0 aliphatic rings. The molecular weight excluding hydrogens is 457 g/mol. The summed E-state index contributed by atoms with van der Waals surface area (Å²) in [5.41, 5.74) is -1.45. The van der Waals surface area contributed by atoms with Gasteiger partial charge in [-0.1, -0.05) is 39.3 Å².